The number of rotatable bonds is 4. The molecule has 0 spiro atoms. The molecule has 1 saturated heterocycles. The molecule has 3 rings (SSSR count). The minimum absolute atomic E-state index is 0.0183. The maximum Gasteiger partial charge on any atom is 0.307 e. The number of alkyl halides is 2. The number of hydrogen-bond donors (Lipinski definition) is 1. The summed E-state index contributed by atoms with van der Waals surface area (Å²) in [5.41, 5.74) is 0. The lowest BCUT2D eigenvalue weighted by Crippen LogP contribution is -2.39. The molecule has 1 aliphatic carbocycles. The SMILES string of the molecule is O=C(O)[C@@H]1C[C@H](S(=O)(=O)c2ccc(Br)cc2Cl)C[C@H]1C(=O)N1CCC(F)(F)C1. The number of carboxylic acid groups (broad SMARTS) is 1. The van der Waals surface area contributed by atoms with Crippen LogP contribution in [-0.4, -0.2) is 54.6 Å². The maximum atomic E-state index is 13.4. The van der Waals surface area contributed by atoms with E-state index in [1.807, 2.05) is 0 Å². The van der Waals surface area contributed by atoms with Gasteiger partial charge in [0.15, 0.2) is 9.84 Å². The molecular weight excluding hydrogens is 484 g/mol. The summed E-state index contributed by atoms with van der Waals surface area (Å²) in [6.07, 6.45) is -1.00. The molecule has 0 radical (unpaired) electrons. The van der Waals surface area contributed by atoms with E-state index in [1.165, 1.54) is 18.2 Å². The van der Waals surface area contributed by atoms with Gasteiger partial charge in [-0.2, -0.15) is 0 Å². The first-order valence-electron chi connectivity index (χ1n) is 8.51. The van der Waals surface area contributed by atoms with E-state index in [9.17, 15) is 31.9 Å². The molecule has 11 heteroatoms. The Morgan fingerprint density at radius 3 is 2.43 bits per heavy atom. The summed E-state index contributed by atoms with van der Waals surface area (Å²) in [6, 6.07) is 4.22. The lowest BCUT2D eigenvalue weighted by atomic mass is 9.95. The second kappa shape index (κ2) is 7.53. The molecule has 2 fully saturated rings. The first kappa shape index (κ1) is 21.4. The van der Waals surface area contributed by atoms with Crippen molar-refractivity contribution in [2.75, 3.05) is 13.1 Å². The highest BCUT2D eigenvalue weighted by Gasteiger charge is 2.51. The molecule has 0 aromatic heterocycles. The number of halogens is 4. The Labute approximate surface area is 173 Å². The van der Waals surface area contributed by atoms with E-state index < -0.39 is 57.7 Å². The number of benzene rings is 1. The first-order valence-corrected chi connectivity index (χ1v) is 11.2. The molecule has 3 atom stereocenters. The largest absolute Gasteiger partial charge is 0.481 e. The van der Waals surface area contributed by atoms with Crippen LogP contribution in [-0.2, 0) is 19.4 Å². The third-order valence-electron chi connectivity index (χ3n) is 5.27. The van der Waals surface area contributed by atoms with E-state index in [0.29, 0.717) is 4.47 Å². The molecule has 1 heterocycles. The van der Waals surface area contributed by atoms with E-state index in [0.717, 1.165) is 4.90 Å². The Balaban J connectivity index is 1.87. The topological polar surface area (TPSA) is 91.7 Å². The summed E-state index contributed by atoms with van der Waals surface area (Å²) in [7, 11) is -4.00. The van der Waals surface area contributed by atoms with Crippen molar-refractivity contribution in [3.05, 3.63) is 27.7 Å². The molecule has 1 aromatic carbocycles. The monoisotopic (exact) mass is 499 g/mol. The fraction of sp³-hybridized carbons (Fsp3) is 0.529. The number of carbonyl (C=O) groups is 2. The summed E-state index contributed by atoms with van der Waals surface area (Å²) in [5, 5.41) is 8.32. The number of nitrogens with zero attached hydrogens (tertiary/aromatic N) is 1. The summed E-state index contributed by atoms with van der Waals surface area (Å²) >= 11 is 9.22. The van der Waals surface area contributed by atoms with Gasteiger partial charge in [-0.1, -0.05) is 27.5 Å². The molecule has 1 N–H and O–H groups in total. The maximum absolute atomic E-state index is 13.4. The standard InChI is InChI=1S/C17H17BrClF2NO5S/c18-9-1-2-14(13(19)5-9)28(26,27)10-6-11(12(7-10)16(24)25)15(23)22-4-3-17(20,21)8-22/h1-2,5,10-12H,3-4,6-8H2,(H,24,25)/t10-,11-,12-/m1/s1. The molecule has 0 bridgehead atoms. The van der Waals surface area contributed by atoms with Crippen molar-refractivity contribution in [3.8, 4) is 0 Å². The molecule has 1 aromatic rings. The lowest BCUT2D eigenvalue weighted by Gasteiger charge is -2.22. The minimum atomic E-state index is -4.00. The highest BCUT2D eigenvalue weighted by atomic mass is 79.9. The predicted molar refractivity (Wildman–Crippen MR) is 100 cm³/mol. The molecule has 1 amide bonds. The molecule has 1 saturated carbocycles. The van der Waals surface area contributed by atoms with Gasteiger partial charge in [0.2, 0.25) is 5.91 Å². The molecule has 0 unspecified atom stereocenters. The van der Waals surface area contributed by atoms with Crippen LogP contribution >= 0.6 is 27.5 Å². The predicted octanol–water partition coefficient (Wildman–Crippen LogP) is 3.22. The van der Waals surface area contributed by atoms with Gasteiger partial charge in [0.1, 0.15) is 0 Å². The zero-order chi connectivity index (χ0) is 20.9. The van der Waals surface area contributed by atoms with Gasteiger partial charge in [0.05, 0.1) is 33.5 Å². The number of carboxylic acids is 1. The number of likely N-dealkylation sites (tertiary alicyclic amines) is 1. The highest BCUT2D eigenvalue weighted by Crippen LogP contribution is 2.42. The quantitative estimate of drug-likeness (QED) is 0.685. The number of amides is 1. The average molecular weight is 501 g/mol. The minimum Gasteiger partial charge on any atom is -0.481 e. The van der Waals surface area contributed by atoms with Gasteiger partial charge in [-0.25, -0.2) is 17.2 Å². The van der Waals surface area contributed by atoms with Crippen molar-refractivity contribution in [2.45, 2.75) is 35.3 Å². The lowest BCUT2D eigenvalue weighted by molar-refractivity contribution is -0.149. The van der Waals surface area contributed by atoms with Crippen molar-refractivity contribution in [1.82, 2.24) is 4.90 Å². The van der Waals surface area contributed by atoms with Crippen molar-refractivity contribution >= 4 is 49.2 Å². The van der Waals surface area contributed by atoms with E-state index in [1.54, 1.807) is 0 Å². The number of sulfone groups is 1. The van der Waals surface area contributed by atoms with Gasteiger partial charge in [-0.05, 0) is 31.0 Å². The van der Waals surface area contributed by atoms with Gasteiger partial charge in [-0.3, -0.25) is 9.59 Å². The summed E-state index contributed by atoms with van der Waals surface area (Å²) < 4.78 is 53.4. The molecular formula is C17H17BrClF2NO5S. The molecule has 2 aliphatic rings. The molecule has 28 heavy (non-hydrogen) atoms. The van der Waals surface area contributed by atoms with Gasteiger partial charge in [0, 0.05) is 17.4 Å². The summed E-state index contributed by atoms with van der Waals surface area (Å²) in [4.78, 5) is 25.1. The van der Waals surface area contributed by atoms with Crippen LogP contribution in [0, 0.1) is 11.8 Å². The second-order valence-electron chi connectivity index (χ2n) is 7.13. The molecule has 1 aliphatic heterocycles. The zero-order valence-corrected chi connectivity index (χ0v) is 17.6. The van der Waals surface area contributed by atoms with Crippen molar-refractivity contribution < 1.29 is 31.9 Å². The zero-order valence-electron chi connectivity index (χ0n) is 14.4. The van der Waals surface area contributed by atoms with Crippen molar-refractivity contribution in [1.29, 1.82) is 0 Å². The summed E-state index contributed by atoms with van der Waals surface area (Å²) in [5.74, 6) is -7.48. The molecule has 6 nitrogen and oxygen atoms in total. The Kier molecular flexibility index (Phi) is 5.77. The number of hydrogen-bond acceptors (Lipinski definition) is 4. The van der Waals surface area contributed by atoms with Gasteiger partial charge in [-0.15, -0.1) is 0 Å². The number of carbonyl (C=O) groups excluding carboxylic acids is 1. The Hall–Kier alpha value is -1.26. The first-order chi connectivity index (χ1) is 12.9. The summed E-state index contributed by atoms with van der Waals surface area (Å²) in [6.45, 7) is -0.949. The fourth-order valence-electron chi connectivity index (χ4n) is 3.83. The Morgan fingerprint density at radius 1 is 1.25 bits per heavy atom. The van der Waals surface area contributed by atoms with Crippen LogP contribution in [0.25, 0.3) is 0 Å². The van der Waals surface area contributed by atoms with Crippen LogP contribution in [0.4, 0.5) is 8.78 Å². The highest BCUT2D eigenvalue weighted by molar-refractivity contribution is 9.10. The van der Waals surface area contributed by atoms with E-state index in [4.69, 9.17) is 11.6 Å². The third kappa shape index (κ3) is 4.04. The fourth-order valence-corrected chi connectivity index (χ4v) is 6.70. The van der Waals surface area contributed by atoms with Crippen LogP contribution in [0.15, 0.2) is 27.6 Å². The third-order valence-corrected chi connectivity index (χ3v) is 8.42. The van der Waals surface area contributed by atoms with E-state index in [-0.39, 0.29) is 29.3 Å². The van der Waals surface area contributed by atoms with Crippen LogP contribution < -0.4 is 0 Å². The van der Waals surface area contributed by atoms with E-state index in [2.05, 4.69) is 15.9 Å². The van der Waals surface area contributed by atoms with Crippen LogP contribution in [0.3, 0.4) is 0 Å². The van der Waals surface area contributed by atoms with Crippen LogP contribution in [0.2, 0.25) is 5.02 Å². The normalized spacial score (nSPS) is 27.1. The van der Waals surface area contributed by atoms with Crippen LogP contribution in [0.1, 0.15) is 19.3 Å². The number of aliphatic carboxylic acids is 1. The van der Waals surface area contributed by atoms with Gasteiger partial charge >= 0.3 is 5.97 Å². The molecule has 154 valence electrons. The average Bonchev–Trinajstić information content (AvgIpc) is 3.18. The van der Waals surface area contributed by atoms with E-state index >= 15 is 0 Å². The van der Waals surface area contributed by atoms with Crippen molar-refractivity contribution in [3.63, 3.8) is 0 Å². The van der Waals surface area contributed by atoms with Gasteiger partial charge in [0.25, 0.3) is 5.92 Å². The second-order valence-corrected chi connectivity index (χ2v) is 10.6. The van der Waals surface area contributed by atoms with Gasteiger partial charge < -0.3 is 10.0 Å². The Morgan fingerprint density at radius 2 is 1.89 bits per heavy atom. The van der Waals surface area contributed by atoms with Crippen LogP contribution in [0.5, 0.6) is 0 Å². The smallest absolute Gasteiger partial charge is 0.307 e. The van der Waals surface area contributed by atoms with Crippen molar-refractivity contribution in [2.24, 2.45) is 11.8 Å². The Bertz CT molecular complexity index is 926.